The average molecular weight is 407 g/mol. The quantitative estimate of drug-likeness (QED) is 0.679. The lowest BCUT2D eigenvalue weighted by Gasteiger charge is -2.13. The van der Waals surface area contributed by atoms with Gasteiger partial charge in [0.1, 0.15) is 5.75 Å². The first-order valence-corrected chi connectivity index (χ1v) is 10.1. The summed E-state index contributed by atoms with van der Waals surface area (Å²) in [6.07, 6.45) is 3.76. The Morgan fingerprint density at radius 2 is 2.10 bits per heavy atom. The summed E-state index contributed by atoms with van der Waals surface area (Å²) in [6, 6.07) is 11.0. The molecule has 1 atom stereocenters. The first-order chi connectivity index (χ1) is 14.5. The number of hydrogen-bond acceptors (Lipinski definition) is 5. The highest BCUT2D eigenvalue weighted by Crippen LogP contribution is 2.16. The smallest absolute Gasteiger partial charge is 0.260 e. The molecule has 0 saturated carbocycles. The largest absolute Gasteiger partial charge is 0.497 e. The summed E-state index contributed by atoms with van der Waals surface area (Å²) < 4.78 is 12.4. The van der Waals surface area contributed by atoms with Gasteiger partial charge in [0.25, 0.3) is 11.5 Å². The number of aromatic nitrogens is 2. The van der Waals surface area contributed by atoms with Crippen molar-refractivity contribution in [2.75, 3.05) is 20.3 Å². The first-order valence-electron chi connectivity index (χ1n) is 10.1. The van der Waals surface area contributed by atoms with Crippen molar-refractivity contribution >= 4 is 16.8 Å². The van der Waals surface area contributed by atoms with Crippen molar-refractivity contribution in [3.8, 4) is 5.75 Å². The summed E-state index contributed by atoms with van der Waals surface area (Å²) in [5, 5.41) is 3.34. The van der Waals surface area contributed by atoms with Gasteiger partial charge in [-0.3, -0.25) is 14.6 Å². The predicted octanol–water partition coefficient (Wildman–Crippen LogP) is 2.67. The van der Waals surface area contributed by atoms with E-state index in [1.54, 1.807) is 36.9 Å². The van der Waals surface area contributed by atoms with Crippen molar-refractivity contribution in [3.63, 3.8) is 0 Å². The lowest BCUT2D eigenvalue weighted by Crippen LogP contribution is -2.32. The first kappa shape index (κ1) is 20.1. The van der Waals surface area contributed by atoms with Crippen LogP contribution in [0.1, 0.15) is 34.5 Å². The molecule has 1 N–H and O–H groups in total. The fourth-order valence-electron chi connectivity index (χ4n) is 3.69. The van der Waals surface area contributed by atoms with Gasteiger partial charge in [-0.05, 0) is 49.6 Å². The molecule has 0 radical (unpaired) electrons. The van der Waals surface area contributed by atoms with Crippen molar-refractivity contribution in [3.05, 3.63) is 69.8 Å². The van der Waals surface area contributed by atoms with Gasteiger partial charge < -0.3 is 19.4 Å². The van der Waals surface area contributed by atoms with E-state index in [-0.39, 0.29) is 17.6 Å². The SMILES string of the molecule is COc1ccc(Cn2ccc3nc(C)c(C(=O)NC[C@@H]4CCCO4)cc3c2=O)cc1. The second kappa shape index (κ2) is 8.67. The van der Waals surface area contributed by atoms with Gasteiger partial charge in [-0.25, -0.2) is 0 Å². The van der Waals surface area contributed by atoms with Crippen molar-refractivity contribution in [1.29, 1.82) is 0 Å². The van der Waals surface area contributed by atoms with E-state index >= 15 is 0 Å². The molecule has 1 aliphatic heterocycles. The zero-order valence-corrected chi connectivity index (χ0v) is 17.2. The van der Waals surface area contributed by atoms with E-state index in [2.05, 4.69) is 10.3 Å². The Morgan fingerprint density at radius 1 is 1.30 bits per heavy atom. The van der Waals surface area contributed by atoms with Gasteiger partial charge in [0, 0.05) is 19.3 Å². The number of aryl methyl sites for hydroxylation is 1. The fourth-order valence-corrected chi connectivity index (χ4v) is 3.69. The van der Waals surface area contributed by atoms with Gasteiger partial charge in [0.15, 0.2) is 0 Å². The number of carbonyl (C=O) groups is 1. The summed E-state index contributed by atoms with van der Waals surface area (Å²) in [6.45, 7) is 3.41. The van der Waals surface area contributed by atoms with Crippen LogP contribution in [0.4, 0.5) is 0 Å². The minimum absolute atomic E-state index is 0.0596. The zero-order chi connectivity index (χ0) is 21.1. The van der Waals surface area contributed by atoms with Crippen LogP contribution in [0.2, 0.25) is 0 Å². The zero-order valence-electron chi connectivity index (χ0n) is 17.2. The number of rotatable bonds is 6. The third kappa shape index (κ3) is 4.21. The van der Waals surface area contributed by atoms with Gasteiger partial charge >= 0.3 is 0 Å². The Balaban J connectivity index is 1.60. The Morgan fingerprint density at radius 3 is 2.80 bits per heavy atom. The van der Waals surface area contributed by atoms with Crippen LogP contribution in [0.3, 0.4) is 0 Å². The number of fused-ring (bicyclic) bond motifs is 1. The van der Waals surface area contributed by atoms with Gasteiger partial charge in [0.2, 0.25) is 0 Å². The number of nitrogens with zero attached hydrogens (tertiary/aromatic N) is 2. The molecule has 156 valence electrons. The van der Waals surface area contributed by atoms with Crippen LogP contribution in [0.5, 0.6) is 5.75 Å². The lowest BCUT2D eigenvalue weighted by molar-refractivity contribution is 0.0857. The molecule has 0 aliphatic carbocycles. The number of methoxy groups -OCH3 is 1. The standard InChI is InChI=1S/C23H25N3O4/c1-15-19(22(27)24-13-18-4-3-11-30-18)12-20-21(25-15)9-10-26(23(20)28)14-16-5-7-17(29-2)8-6-16/h5-10,12,18H,3-4,11,13-14H2,1-2H3,(H,24,27)/t18-/m0/s1. The monoisotopic (exact) mass is 407 g/mol. The van der Waals surface area contributed by atoms with E-state index in [1.165, 1.54) is 0 Å². The van der Waals surface area contributed by atoms with Crippen LogP contribution in [-0.2, 0) is 11.3 Å². The highest BCUT2D eigenvalue weighted by Gasteiger charge is 2.19. The lowest BCUT2D eigenvalue weighted by atomic mass is 10.1. The number of pyridine rings is 2. The topological polar surface area (TPSA) is 82.5 Å². The van der Waals surface area contributed by atoms with Gasteiger partial charge in [-0.1, -0.05) is 12.1 Å². The number of hydrogen-bond donors (Lipinski definition) is 1. The minimum Gasteiger partial charge on any atom is -0.497 e. The molecule has 1 aliphatic rings. The molecule has 1 saturated heterocycles. The summed E-state index contributed by atoms with van der Waals surface area (Å²) in [7, 11) is 1.62. The van der Waals surface area contributed by atoms with Crippen LogP contribution in [0, 0.1) is 6.92 Å². The Bertz CT molecular complexity index is 1120. The molecule has 2 aromatic heterocycles. The summed E-state index contributed by atoms with van der Waals surface area (Å²) in [5.41, 5.74) is 2.40. The molecule has 0 spiro atoms. The van der Waals surface area contributed by atoms with E-state index in [0.29, 0.717) is 35.2 Å². The van der Waals surface area contributed by atoms with Gasteiger partial charge in [0.05, 0.1) is 41.9 Å². The van der Waals surface area contributed by atoms with E-state index in [9.17, 15) is 9.59 Å². The van der Waals surface area contributed by atoms with E-state index in [1.807, 2.05) is 24.3 Å². The maximum atomic E-state index is 13.1. The Hall–Kier alpha value is -3.19. The molecule has 30 heavy (non-hydrogen) atoms. The maximum absolute atomic E-state index is 13.1. The van der Waals surface area contributed by atoms with Crippen LogP contribution in [0.25, 0.3) is 10.9 Å². The number of ether oxygens (including phenoxy) is 2. The van der Waals surface area contributed by atoms with Crippen LogP contribution >= 0.6 is 0 Å². The molecule has 1 aromatic carbocycles. The Kier molecular flexibility index (Phi) is 5.81. The molecule has 3 heterocycles. The third-order valence-electron chi connectivity index (χ3n) is 5.42. The van der Waals surface area contributed by atoms with E-state index < -0.39 is 0 Å². The highest BCUT2D eigenvalue weighted by molar-refractivity contribution is 5.98. The normalized spacial score (nSPS) is 16.0. The molecule has 7 nitrogen and oxygen atoms in total. The summed E-state index contributed by atoms with van der Waals surface area (Å²) in [5.74, 6) is 0.533. The van der Waals surface area contributed by atoms with Crippen LogP contribution in [-0.4, -0.2) is 41.8 Å². The molecule has 1 amide bonds. The van der Waals surface area contributed by atoms with Crippen molar-refractivity contribution in [1.82, 2.24) is 14.9 Å². The van der Waals surface area contributed by atoms with Crippen molar-refractivity contribution in [2.45, 2.75) is 32.4 Å². The number of nitrogens with one attached hydrogen (secondary N) is 1. The molecule has 0 unspecified atom stereocenters. The average Bonchev–Trinajstić information content (AvgIpc) is 3.28. The highest BCUT2D eigenvalue weighted by atomic mass is 16.5. The van der Waals surface area contributed by atoms with Crippen molar-refractivity contribution in [2.24, 2.45) is 0 Å². The van der Waals surface area contributed by atoms with Crippen LogP contribution in [0.15, 0.2) is 47.4 Å². The molecule has 0 bridgehead atoms. The van der Waals surface area contributed by atoms with E-state index in [0.717, 1.165) is 30.8 Å². The minimum atomic E-state index is -0.234. The number of amides is 1. The van der Waals surface area contributed by atoms with E-state index in [4.69, 9.17) is 9.47 Å². The predicted molar refractivity (Wildman–Crippen MR) is 114 cm³/mol. The molecule has 1 fully saturated rings. The molecule has 4 rings (SSSR count). The Labute approximate surface area is 174 Å². The molecule has 7 heteroatoms. The molecular weight excluding hydrogens is 382 g/mol. The fraction of sp³-hybridized carbons (Fsp3) is 0.348. The molecular formula is C23H25N3O4. The van der Waals surface area contributed by atoms with Gasteiger partial charge in [-0.15, -0.1) is 0 Å². The number of carbonyl (C=O) groups excluding carboxylic acids is 1. The van der Waals surface area contributed by atoms with Crippen LogP contribution < -0.4 is 15.6 Å². The summed E-state index contributed by atoms with van der Waals surface area (Å²) in [4.78, 5) is 30.2. The molecule has 3 aromatic rings. The number of benzene rings is 1. The van der Waals surface area contributed by atoms with Crippen molar-refractivity contribution < 1.29 is 14.3 Å². The second-order valence-electron chi connectivity index (χ2n) is 7.50. The third-order valence-corrected chi connectivity index (χ3v) is 5.42. The van der Waals surface area contributed by atoms with Gasteiger partial charge in [-0.2, -0.15) is 0 Å². The summed E-state index contributed by atoms with van der Waals surface area (Å²) >= 11 is 0. The maximum Gasteiger partial charge on any atom is 0.260 e. The second-order valence-corrected chi connectivity index (χ2v) is 7.50.